The Balaban J connectivity index is 1.90. The lowest BCUT2D eigenvalue weighted by Gasteiger charge is -2.30. The second-order valence-corrected chi connectivity index (χ2v) is 8.33. The third kappa shape index (κ3) is 4.47. The molecule has 0 heterocycles. The fourth-order valence-electron chi connectivity index (χ4n) is 4.50. The van der Waals surface area contributed by atoms with E-state index in [-0.39, 0.29) is 12.2 Å². The zero-order chi connectivity index (χ0) is 21.8. The van der Waals surface area contributed by atoms with Gasteiger partial charge in [-0.1, -0.05) is 97.1 Å². The van der Waals surface area contributed by atoms with E-state index in [1.807, 2.05) is 0 Å². The smallest absolute Gasteiger partial charge is 0.109 e. The number of benzene rings is 4. The summed E-state index contributed by atoms with van der Waals surface area (Å²) in [6.45, 7) is 8.71. The van der Waals surface area contributed by atoms with Gasteiger partial charge in [-0.3, -0.25) is 0 Å². The van der Waals surface area contributed by atoms with Crippen LogP contribution in [0.25, 0.3) is 0 Å². The first-order chi connectivity index (χ1) is 15.1. The molecule has 4 rings (SSSR count). The minimum atomic E-state index is -0.161. The summed E-state index contributed by atoms with van der Waals surface area (Å²) in [6.07, 6.45) is -0.321. The Kier molecular flexibility index (Phi) is 6.34. The normalized spacial score (nSPS) is 13.0. The molecule has 156 valence electrons. The number of ether oxygens (including phenoxy) is 1. The highest BCUT2D eigenvalue weighted by Gasteiger charge is 2.27. The molecule has 2 unspecified atom stereocenters. The van der Waals surface area contributed by atoms with Gasteiger partial charge in [0.05, 0.1) is 0 Å². The van der Waals surface area contributed by atoms with Crippen molar-refractivity contribution in [2.75, 3.05) is 0 Å². The molecule has 0 N–H and O–H groups in total. The lowest BCUT2D eigenvalue weighted by atomic mass is 9.90. The molecule has 0 aromatic heterocycles. The molecule has 0 bridgehead atoms. The van der Waals surface area contributed by atoms with Crippen LogP contribution < -0.4 is 0 Å². The molecule has 0 saturated carbocycles. The van der Waals surface area contributed by atoms with E-state index in [0.29, 0.717) is 0 Å². The summed E-state index contributed by atoms with van der Waals surface area (Å²) in [5.74, 6) is 0. The summed E-state index contributed by atoms with van der Waals surface area (Å²) in [5, 5.41) is 0. The highest BCUT2D eigenvalue weighted by Crippen LogP contribution is 2.40. The molecule has 0 spiro atoms. The van der Waals surface area contributed by atoms with Crippen molar-refractivity contribution >= 4 is 0 Å². The first-order valence-corrected chi connectivity index (χ1v) is 10.9. The monoisotopic (exact) mass is 406 g/mol. The van der Waals surface area contributed by atoms with Crippen LogP contribution >= 0.6 is 0 Å². The van der Waals surface area contributed by atoms with Gasteiger partial charge in [0.15, 0.2) is 0 Å². The molecule has 0 fully saturated rings. The minimum absolute atomic E-state index is 0.161. The molecule has 0 radical (unpaired) electrons. The fourth-order valence-corrected chi connectivity index (χ4v) is 4.50. The summed E-state index contributed by atoms with van der Waals surface area (Å²) in [4.78, 5) is 0. The van der Waals surface area contributed by atoms with Crippen LogP contribution in [-0.4, -0.2) is 0 Å². The largest absolute Gasteiger partial charge is 0.356 e. The van der Waals surface area contributed by atoms with E-state index in [1.54, 1.807) is 0 Å². The molecule has 0 aliphatic rings. The number of hydrogen-bond donors (Lipinski definition) is 0. The SMILES string of the molecule is Cc1cccc(C)c1C(OC(c1ccccc1)c1c(C)cccc1C)c1ccccc1. The van der Waals surface area contributed by atoms with E-state index in [2.05, 4.69) is 125 Å². The standard InChI is InChI=1S/C30H30O/c1-21-13-11-14-22(2)27(21)29(25-17-7-5-8-18-25)31-30(26-19-9-6-10-20-26)28-23(3)15-12-16-24(28)4/h5-20,29-30H,1-4H3. The first-order valence-electron chi connectivity index (χ1n) is 10.9. The minimum Gasteiger partial charge on any atom is -0.356 e. The molecule has 0 saturated heterocycles. The lowest BCUT2D eigenvalue weighted by molar-refractivity contribution is 0.0295. The van der Waals surface area contributed by atoms with Gasteiger partial charge in [0, 0.05) is 0 Å². The number of rotatable bonds is 6. The van der Waals surface area contributed by atoms with Gasteiger partial charge in [0.1, 0.15) is 12.2 Å². The molecule has 1 heteroatoms. The van der Waals surface area contributed by atoms with Crippen molar-refractivity contribution in [1.29, 1.82) is 0 Å². The van der Waals surface area contributed by atoms with Crippen molar-refractivity contribution < 1.29 is 4.74 Å². The van der Waals surface area contributed by atoms with Crippen LogP contribution in [0.3, 0.4) is 0 Å². The first kappa shape index (κ1) is 21.1. The molecule has 0 aliphatic carbocycles. The van der Waals surface area contributed by atoms with E-state index >= 15 is 0 Å². The van der Waals surface area contributed by atoms with Crippen LogP contribution in [0, 0.1) is 27.7 Å². The quantitative estimate of drug-likeness (QED) is 0.317. The third-order valence-corrected chi connectivity index (χ3v) is 6.09. The zero-order valence-electron chi connectivity index (χ0n) is 18.8. The number of hydrogen-bond acceptors (Lipinski definition) is 1. The van der Waals surface area contributed by atoms with Gasteiger partial charge in [-0.2, -0.15) is 0 Å². The van der Waals surface area contributed by atoms with E-state index in [9.17, 15) is 0 Å². The molecule has 31 heavy (non-hydrogen) atoms. The maximum atomic E-state index is 7.12. The Labute approximate surface area is 186 Å². The van der Waals surface area contributed by atoms with Crippen molar-refractivity contribution in [3.8, 4) is 0 Å². The fraction of sp³-hybridized carbons (Fsp3) is 0.200. The molecule has 4 aromatic carbocycles. The summed E-state index contributed by atoms with van der Waals surface area (Å²) >= 11 is 0. The van der Waals surface area contributed by atoms with Crippen molar-refractivity contribution in [2.45, 2.75) is 39.9 Å². The van der Waals surface area contributed by atoms with Crippen molar-refractivity contribution in [2.24, 2.45) is 0 Å². The van der Waals surface area contributed by atoms with Crippen LogP contribution in [0.15, 0.2) is 97.1 Å². The highest BCUT2D eigenvalue weighted by molar-refractivity contribution is 5.44. The molecular formula is C30H30O. The Morgan fingerprint density at radius 1 is 0.419 bits per heavy atom. The molecule has 2 atom stereocenters. The predicted molar refractivity (Wildman–Crippen MR) is 129 cm³/mol. The summed E-state index contributed by atoms with van der Waals surface area (Å²) < 4.78 is 7.12. The highest BCUT2D eigenvalue weighted by atomic mass is 16.5. The van der Waals surface area contributed by atoms with Gasteiger partial charge in [-0.15, -0.1) is 0 Å². The second-order valence-electron chi connectivity index (χ2n) is 8.33. The molecule has 0 aliphatic heterocycles. The van der Waals surface area contributed by atoms with Crippen molar-refractivity contribution in [3.05, 3.63) is 142 Å². The van der Waals surface area contributed by atoms with Crippen LogP contribution in [0.2, 0.25) is 0 Å². The van der Waals surface area contributed by atoms with Crippen LogP contribution in [-0.2, 0) is 4.74 Å². The van der Waals surface area contributed by atoms with E-state index < -0.39 is 0 Å². The molecule has 4 aromatic rings. The topological polar surface area (TPSA) is 9.23 Å². The maximum absolute atomic E-state index is 7.12. The average Bonchev–Trinajstić information content (AvgIpc) is 2.78. The van der Waals surface area contributed by atoms with Gasteiger partial charge in [0.2, 0.25) is 0 Å². The van der Waals surface area contributed by atoms with Crippen molar-refractivity contribution in [1.82, 2.24) is 0 Å². The van der Waals surface area contributed by atoms with Gasteiger partial charge < -0.3 is 4.74 Å². The van der Waals surface area contributed by atoms with Crippen LogP contribution in [0.5, 0.6) is 0 Å². The maximum Gasteiger partial charge on any atom is 0.109 e. The van der Waals surface area contributed by atoms with E-state index in [0.717, 1.165) is 0 Å². The molecule has 1 nitrogen and oxygen atoms in total. The van der Waals surface area contributed by atoms with E-state index in [1.165, 1.54) is 44.5 Å². The Morgan fingerprint density at radius 2 is 0.742 bits per heavy atom. The Morgan fingerprint density at radius 3 is 1.06 bits per heavy atom. The van der Waals surface area contributed by atoms with E-state index in [4.69, 9.17) is 4.74 Å². The third-order valence-electron chi connectivity index (χ3n) is 6.09. The van der Waals surface area contributed by atoms with Gasteiger partial charge >= 0.3 is 0 Å². The molecular weight excluding hydrogens is 376 g/mol. The lowest BCUT2D eigenvalue weighted by Crippen LogP contribution is -2.17. The Hall–Kier alpha value is -3.16. The van der Waals surface area contributed by atoms with Crippen LogP contribution in [0.1, 0.15) is 56.7 Å². The molecule has 0 amide bonds. The second kappa shape index (κ2) is 9.32. The number of aryl methyl sites for hydroxylation is 4. The summed E-state index contributed by atoms with van der Waals surface area (Å²) in [6, 6.07) is 34.1. The van der Waals surface area contributed by atoms with Crippen LogP contribution in [0.4, 0.5) is 0 Å². The van der Waals surface area contributed by atoms with Gasteiger partial charge in [-0.05, 0) is 72.2 Å². The zero-order valence-corrected chi connectivity index (χ0v) is 18.8. The predicted octanol–water partition coefficient (Wildman–Crippen LogP) is 7.82. The average molecular weight is 407 g/mol. The summed E-state index contributed by atoms with van der Waals surface area (Å²) in [7, 11) is 0. The van der Waals surface area contributed by atoms with Gasteiger partial charge in [0.25, 0.3) is 0 Å². The van der Waals surface area contributed by atoms with Crippen molar-refractivity contribution in [3.63, 3.8) is 0 Å². The summed E-state index contributed by atoms with van der Waals surface area (Å²) in [5.41, 5.74) is 9.86. The Bertz CT molecular complexity index is 1010. The van der Waals surface area contributed by atoms with Gasteiger partial charge in [-0.25, -0.2) is 0 Å².